The Morgan fingerprint density at radius 1 is 1.29 bits per heavy atom. The first-order valence-corrected chi connectivity index (χ1v) is 1.73. The number of hydrogen-bond acceptors (Lipinski definition) is 2. The first-order valence-electron chi connectivity index (χ1n) is 1.73. The molecule has 1 aliphatic rings. The number of hydrogen-bond donors (Lipinski definition) is 1. The predicted molar refractivity (Wildman–Crippen MR) is 22.5 cm³/mol. The Bertz CT molecular complexity index is 77.7. The standard InChI is InChI=1S/C4H5NO.Cu/c1-2-4-6-5-3-1;/h1-5H;. The van der Waals surface area contributed by atoms with Gasteiger partial charge in [-0.1, -0.05) is 0 Å². The van der Waals surface area contributed by atoms with Gasteiger partial charge in [-0.25, -0.2) is 5.48 Å². The minimum Gasteiger partial charge on any atom is -0.391 e. The van der Waals surface area contributed by atoms with Crippen molar-refractivity contribution in [1.29, 1.82) is 0 Å². The van der Waals surface area contributed by atoms with Gasteiger partial charge < -0.3 is 4.84 Å². The van der Waals surface area contributed by atoms with E-state index >= 15 is 0 Å². The molecule has 0 aliphatic carbocycles. The van der Waals surface area contributed by atoms with Crippen LogP contribution in [0.15, 0.2) is 24.6 Å². The smallest absolute Gasteiger partial charge is 0.119 e. The van der Waals surface area contributed by atoms with Crippen molar-refractivity contribution in [3.05, 3.63) is 24.6 Å². The Morgan fingerprint density at radius 2 is 2.14 bits per heavy atom. The number of allylic oxidation sites excluding steroid dienone is 2. The zero-order valence-electron chi connectivity index (χ0n) is 3.52. The van der Waals surface area contributed by atoms with E-state index in [4.69, 9.17) is 0 Å². The van der Waals surface area contributed by atoms with E-state index in [0.29, 0.717) is 0 Å². The van der Waals surface area contributed by atoms with E-state index in [0.717, 1.165) is 0 Å². The Balaban J connectivity index is 0.000000360. The maximum absolute atomic E-state index is 4.55. The van der Waals surface area contributed by atoms with Gasteiger partial charge >= 0.3 is 0 Å². The van der Waals surface area contributed by atoms with Crippen LogP contribution in [0.25, 0.3) is 0 Å². The fourth-order valence-electron chi connectivity index (χ4n) is 0.258. The minimum absolute atomic E-state index is 0. The molecule has 0 spiro atoms. The summed E-state index contributed by atoms with van der Waals surface area (Å²) in [5, 5.41) is 0. The van der Waals surface area contributed by atoms with Gasteiger partial charge in [-0.2, -0.15) is 0 Å². The molecule has 1 heterocycles. The van der Waals surface area contributed by atoms with Crippen molar-refractivity contribution in [3.63, 3.8) is 0 Å². The van der Waals surface area contributed by atoms with Crippen LogP contribution in [0.2, 0.25) is 0 Å². The largest absolute Gasteiger partial charge is 0.391 e. The first kappa shape index (κ1) is 6.60. The van der Waals surface area contributed by atoms with Gasteiger partial charge in [0.1, 0.15) is 6.26 Å². The zero-order valence-corrected chi connectivity index (χ0v) is 4.46. The molecule has 2 nitrogen and oxygen atoms in total. The normalized spacial score (nSPS) is 13.7. The quantitative estimate of drug-likeness (QED) is 0.504. The van der Waals surface area contributed by atoms with Crippen molar-refractivity contribution in [3.8, 4) is 0 Å². The van der Waals surface area contributed by atoms with Crippen LogP contribution in [-0.4, -0.2) is 0 Å². The van der Waals surface area contributed by atoms with Crippen LogP contribution in [0.1, 0.15) is 0 Å². The van der Waals surface area contributed by atoms with Gasteiger partial charge in [-0.15, -0.1) is 0 Å². The molecule has 0 aromatic rings. The maximum atomic E-state index is 4.55. The number of nitrogens with one attached hydrogen (secondary N) is 1. The predicted octanol–water partition coefficient (Wildman–Crippen LogP) is 0.546. The van der Waals surface area contributed by atoms with Crippen molar-refractivity contribution >= 4 is 0 Å². The van der Waals surface area contributed by atoms with Gasteiger partial charge in [0, 0.05) is 23.3 Å². The molecule has 7 heavy (non-hydrogen) atoms. The maximum Gasteiger partial charge on any atom is 0.119 e. The Morgan fingerprint density at radius 3 is 2.29 bits per heavy atom. The summed E-state index contributed by atoms with van der Waals surface area (Å²) in [6, 6.07) is 0. The Labute approximate surface area is 52.7 Å². The number of hydroxylamine groups is 1. The second kappa shape index (κ2) is 3.78. The van der Waals surface area contributed by atoms with E-state index in [1.807, 2.05) is 6.08 Å². The molecule has 0 unspecified atom stereocenters. The average Bonchev–Trinajstić information content (AvgIpc) is 1.72. The summed E-state index contributed by atoms with van der Waals surface area (Å²) < 4.78 is 0. The summed E-state index contributed by atoms with van der Waals surface area (Å²) in [7, 11) is 0. The van der Waals surface area contributed by atoms with E-state index in [1.165, 1.54) is 0 Å². The molecule has 3 heteroatoms. The minimum atomic E-state index is 0. The third kappa shape index (κ3) is 2.31. The molecule has 0 bridgehead atoms. The summed E-state index contributed by atoms with van der Waals surface area (Å²) in [4.78, 5) is 4.55. The molecule has 0 atom stereocenters. The molecule has 1 radical (unpaired) electrons. The van der Waals surface area contributed by atoms with Gasteiger partial charge in [-0.05, 0) is 12.2 Å². The van der Waals surface area contributed by atoms with Crippen molar-refractivity contribution in [2.75, 3.05) is 0 Å². The molecule has 0 fully saturated rings. The number of rotatable bonds is 0. The second-order valence-electron chi connectivity index (χ2n) is 0.923. The van der Waals surface area contributed by atoms with E-state index in [2.05, 4.69) is 10.3 Å². The molecule has 0 aromatic heterocycles. The molecule has 0 aromatic carbocycles. The Kier molecular flexibility index (Phi) is 3.56. The van der Waals surface area contributed by atoms with Crippen LogP contribution in [0, 0.1) is 0 Å². The molecule has 0 saturated carbocycles. The van der Waals surface area contributed by atoms with Crippen LogP contribution in [0.5, 0.6) is 0 Å². The average molecular weight is 147 g/mol. The van der Waals surface area contributed by atoms with Gasteiger partial charge in [0.25, 0.3) is 0 Å². The third-order valence-electron chi connectivity index (χ3n) is 0.490. The van der Waals surface area contributed by atoms with Crippen molar-refractivity contribution in [2.45, 2.75) is 0 Å². The fraction of sp³-hybridized carbons (Fsp3) is 0. The first-order chi connectivity index (χ1) is 3.00. The molecule has 1 N–H and O–H groups in total. The molecular formula is C4H5CuNO. The van der Waals surface area contributed by atoms with Gasteiger partial charge in [0.15, 0.2) is 0 Å². The summed E-state index contributed by atoms with van der Waals surface area (Å²) in [6.45, 7) is 0. The van der Waals surface area contributed by atoms with E-state index in [1.54, 1.807) is 18.5 Å². The zero-order chi connectivity index (χ0) is 4.24. The molecule has 0 amide bonds. The summed E-state index contributed by atoms with van der Waals surface area (Å²) >= 11 is 0. The van der Waals surface area contributed by atoms with Crippen molar-refractivity contribution in [2.24, 2.45) is 0 Å². The SMILES string of the molecule is C1=CNOC=C1.[Cu]. The van der Waals surface area contributed by atoms with Crippen LogP contribution < -0.4 is 5.48 Å². The van der Waals surface area contributed by atoms with E-state index < -0.39 is 0 Å². The van der Waals surface area contributed by atoms with Crippen LogP contribution in [0.3, 0.4) is 0 Å². The van der Waals surface area contributed by atoms with Gasteiger partial charge in [0.2, 0.25) is 0 Å². The molecular weight excluding hydrogens is 142 g/mol. The van der Waals surface area contributed by atoms with E-state index in [-0.39, 0.29) is 17.1 Å². The van der Waals surface area contributed by atoms with Crippen LogP contribution in [0.4, 0.5) is 0 Å². The molecule has 1 rings (SSSR count). The van der Waals surface area contributed by atoms with Crippen molar-refractivity contribution < 1.29 is 21.9 Å². The van der Waals surface area contributed by atoms with E-state index in [9.17, 15) is 0 Å². The Hall–Kier alpha value is -0.401. The van der Waals surface area contributed by atoms with Crippen LogP contribution in [-0.2, 0) is 21.9 Å². The fourth-order valence-corrected chi connectivity index (χ4v) is 0.258. The summed E-state index contributed by atoms with van der Waals surface area (Å²) in [5.74, 6) is 0. The molecule has 0 saturated heterocycles. The van der Waals surface area contributed by atoms with Gasteiger partial charge in [0.05, 0.1) is 0 Å². The van der Waals surface area contributed by atoms with Gasteiger partial charge in [-0.3, -0.25) is 0 Å². The topological polar surface area (TPSA) is 21.3 Å². The summed E-state index contributed by atoms with van der Waals surface area (Å²) in [5.41, 5.74) is 2.52. The molecule has 1 aliphatic heterocycles. The third-order valence-corrected chi connectivity index (χ3v) is 0.490. The summed E-state index contributed by atoms with van der Waals surface area (Å²) in [6.07, 6.45) is 6.93. The molecule has 43 valence electrons. The van der Waals surface area contributed by atoms with Crippen LogP contribution >= 0.6 is 0 Å². The second-order valence-corrected chi connectivity index (χ2v) is 0.923. The monoisotopic (exact) mass is 146 g/mol. The van der Waals surface area contributed by atoms with Crippen molar-refractivity contribution in [1.82, 2.24) is 5.48 Å².